The Hall–Kier alpha value is -3.94. The van der Waals surface area contributed by atoms with Crippen LogP contribution in [0.1, 0.15) is 257 Å². The average Bonchev–Trinajstić information content (AvgIpc) is 3.95. The molecule has 0 N–H and O–H groups in total. The predicted octanol–water partition coefficient (Wildman–Crippen LogP) is 18.3. The number of allylic oxidation sites excluding steroid dienone is 2. The summed E-state index contributed by atoms with van der Waals surface area (Å²) in [7, 11) is 0. The van der Waals surface area contributed by atoms with E-state index in [0.717, 1.165) is 62.5 Å². The van der Waals surface area contributed by atoms with E-state index in [1.165, 1.54) is 170 Å². The van der Waals surface area contributed by atoms with Gasteiger partial charge in [-0.05, 0) is 62.5 Å². The second kappa shape index (κ2) is 41.4. The van der Waals surface area contributed by atoms with Crippen LogP contribution >= 0.6 is 0 Å². The van der Waals surface area contributed by atoms with Crippen molar-refractivity contribution in [2.75, 3.05) is 13.2 Å². The second-order valence-electron chi connectivity index (χ2n) is 21.4. The monoisotopic (exact) mass is 997 g/mol. The lowest BCUT2D eigenvalue weighted by molar-refractivity contribution is -0.134. The standard InChI is InChI=1S/C32H53NO3.C32H51NO3/c2*1-3-5-7-9-10-11-12-13-14-16-21-25-29(24-20-15-8-6-4-2)31(34)33-30(27-36-32(33)35)26-28-22-18-17-19-23-28/h17-19,22-23,29-30H,3-16,20-21,24-27H2,1-2H3;16-19,21-23,29-30H,3-15,20,24-27H2,1-2H3/b;21-16+/t2*29-,30+/m11/s1. The van der Waals surface area contributed by atoms with Crippen LogP contribution in [0, 0.1) is 11.8 Å². The molecule has 4 atom stereocenters. The van der Waals surface area contributed by atoms with Gasteiger partial charge in [0, 0.05) is 11.8 Å². The van der Waals surface area contributed by atoms with Gasteiger partial charge in [0.05, 0.1) is 12.1 Å². The van der Waals surface area contributed by atoms with Crippen LogP contribution in [0.5, 0.6) is 0 Å². The minimum atomic E-state index is -0.472. The third-order valence-electron chi connectivity index (χ3n) is 15.0. The fourth-order valence-corrected chi connectivity index (χ4v) is 10.5. The highest BCUT2D eigenvalue weighted by atomic mass is 16.6. The van der Waals surface area contributed by atoms with Crippen molar-refractivity contribution in [3.63, 3.8) is 0 Å². The molecule has 2 saturated heterocycles. The van der Waals surface area contributed by atoms with E-state index in [1.807, 2.05) is 48.5 Å². The van der Waals surface area contributed by atoms with Gasteiger partial charge in [0.1, 0.15) is 13.2 Å². The maximum absolute atomic E-state index is 13.6. The molecule has 0 bridgehead atoms. The van der Waals surface area contributed by atoms with Gasteiger partial charge in [0.15, 0.2) is 0 Å². The van der Waals surface area contributed by atoms with E-state index in [-0.39, 0.29) is 42.3 Å². The number of imide groups is 2. The molecule has 0 radical (unpaired) electrons. The highest BCUT2D eigenvalue weighted by Crippen LogP contribution is 2.28. The number of benzene rings is 2. The van der Waals surface area contributed by atoms with E-state index in [4.69, 9.17) is 9.47 Å². The van der Waals surface area contributed by atoms with Crippen molar-refractivity contribution in [3.05, 3.63) is 83.9 Å². The number of nitrogens with zero attached hydrogens (tertiary/aromatic N) is 2. The second-order valence-corrected chi connectivity index (χ2v) is 21.4. The van der Waals surface area contributed by atoms with Gasteiger partial charge in [-0.25, -0.2) is 19.4 Å². The van der Waals surface area contributed by atoms with Gasteiger partial charge in [-0.3, -0.25) is 9.59 Å². The first-order valence-corrected chi connectivity index (χ1v) is 30.1. The summed E-state index contributed by atoms with van der Waals surface area (Å²) >= 11 is 0. The summed E-state index contributed by atoms with van der Waals surface area (Å²) in [6, 6.07) is 19.8. The number of unbranched alkanes of at least 4 members (excludes halogenated alkanes) is 26. The topological polar surface area (TPSA) is 93.2 Å². The summed E-state index contributed by atoms with van der Waals surface area (Å²) in [5.74, 6) is -0.258. The molecular formula is C64H104N2O6. The van der Waals surface area contributed by atoms with Crippen LogP contribution in [0.15, 0.2) is 72.8 Å². The Morgan fingerprint density at radius 2 is 0.764 bits per heavy atom. The Kier molecular flexibility index (Phi) is 35.9. The molecule has 406 valence electrons. The third-order valence-corrected chi connectivity index (χ3v) is 15.0. The number of ether oxygens (including phenoxy) is 2. The van der Waals surface area contributed by atoms with Gasteiger partial charge in [-0.1, -0.05) is 280 Å². The van der Waals surface area contributed by atoms with Crippen molar-refractivity contribution in [2.24, 2.45) is 11.8 Å². The van der Waals surface area contributed by atoms with Crippen LogP contribution in [0.4, 0.5) is 9.59 Å². The SMILES string of the molecule is CCCCCCCCCC/C=C/C[C@@H](CCCCCCC)C(=O)N1C(=O)OC[C@@H]1Cc1ccccc1.CCCCCCCCCCCCC[C@@H](CCCCCCC)C(=O)N1C(=O)OC[C@@H]1Cc1ccccc1. The Morgan fingerprint density at radius 3 is 1.14 bits per heavy atom. The third kappa shape index (κ3) is 26.8. The highest BCUT2D eigenvalue weighted by Gasteiger charge is 2.41. The zero-order valence-corrected chi connectivity index (χ0v) is 46.5. The quantitative estimate of drug-likeness (QED) is 0.0487. The first-order chi connectivity index (χ1) is 35.3. The van der Waals surface area contributed by atoms with Crippen LogP contribution in [-0.4, -0.2) is 59.1 Å². The molecule has 0 aliphatic carbocycles. The summed E-state index contributed by atoms with van der Waals surface area (Å²) in [6.07, 6.45) is 46.1. The van der Waals surface area contributed by atoms with E-state index in [9.17, 15) is 19.2 Å². The fraction of sp³-hybridized carbons (Fsp3) is 0.719. The molecule has 4 rings (SSSR count). The lowest BCUT2D eigenvalue weighted by atomic mass is 9.92. The molecular weight excluding hydrogens is 893 g/mol. The van der Waals surface area contributed by atoms with Gasteiger partial charge in [0.25, 0.3) is 0 Å². The number of rotatable bonds is 41. The Morgan fingerprint density at radius 1 is 0.444 bits per heavy atom. The normalized spacial score (nSPS) is 16.4. The maximum Gasteiger partial charge on any atom is 0.416 e. The molecule has 2 aromatic carbocycles. The zero-order chi connectivity index (χ0) is 51.7. The maximum atomic E-state index is 13.6. The summed E-state index contributed by atoms with van der Waals surface area (Å²) in [6.45, 7) is 9.57. The molecule has 2 fully saturated rings. The molecule has 0 spiro atoms. The van der Waals surface area contributed by atoms with E-state index in [2.05, 4.69) is 52.0 Å². The van der Waals surface area contributed by atoms with Gasteiger partial charge in [0.2, 0.25) is 11.8 Å². The number of hydrogen-bond donors (Lipinski definition) is 0. The summed E-state index contributed by atoms with van der Waals surface area (Å²) in [5.41, 5.74) is 2.26. The molecule has 2 aromatic rings. The summed E-state index contributed by atoms with van der Waals surface area (Å²) < 4.78 is 10.7. The van der Waals surface area contributed by atoms with Crippen LogP contribution in [-0.2, 0) is 31.9 Å². The molecule has 0 unspecified atom stereocenters. The highest BCUT2D eigenvalue weighted by molar-refractivity contribution is 5.95. The van der Waals surface area contributed by atoms with Crippen molar-refractivity contribution >= 4 is 24.0 Å². The predicted molar refractivity (Wildman–Crippen MR) is 300 cm³/mol. The molecule has 0 saturated carbocycles. The molecule has 8 nitrogen and oxygen atoms in total. The van der Waals surface area contributed by atoms with E-state index in [0.29, 0.717) is 25.9 Å². The van der Waals surface area contributed by atoms with Crippen LogP contribution in [0.25, 0.3) is 0 Å². The Bertz CT molecular complexity index is 1700. The van der Waals surface area contributed by atoms with Crippen LogP contribution in [0.3, 0.4) is 0 Å². The minimum absolute atomic E-state index is 0.000928. The van der Waals surface area contributed by atoms with E-state index in [1.54, 1.807) is 0 Å². The first-order valence-electron chi connectivity index (χ1n) is 30.1. The van der Waals surface area contributed by atoms with Crippen molar-refractivity contribution < 1.29 is 28.7 Å². The van der Waals surface area contributed by atoms with Crippen molar-refractivity contribution in [1.29, 1.82) is 0 Å². The van der Waals surface area contributed by atoms with E-state index >= 15 is 0 Å². The number of amides is 4. The van der Waals surface area contributed by atoms with Crippen molar-refractivity contribution in [3.8, 4) is 0 Å². The van der Waals surface area contributed by atoms with Crippen LogP contribution in [0.2, 0.25) is 0 Å². The van der Waals surface area contributed by atoms with Crippen molar-refractivity contribution in [1.82, 2.24) is 9.80 Å². The van der Waals surface area contributed by atoms with Crippen molar-refractivity contribution in [2.45, 2.75) is 271 Å². The molecule has 4 amide bonds. The first kappa shape index (κ1) is 62.4. The molecule has 2 heterocycles. The lowest BCUT2D eigenvalue weighted by Crippen LogP contribution is -2.43. The fourth-order valence-electron chi connectivity index (χ4n) is 10.5. The zero-order valence-electron chi connectivity index (χ0n) is 46.5. The summed E-state index contributed by atoms with van der Waals surface area (Å²) in [5, 5.41) is 0. The molecule has 0 aromatic heterocycles. The number of cyclic esters (lactones) is 2. The van der Waals surface area contributed by atoms with Gasteiger partial charge in [-0.2, -0.15) is 0 Å². The number of hydrogen-bond acceptors (Lipinski definition) is 6. The van der Waals surface area contributed by atoms with Crippen LogP contribution < -0.4 is 0 Å². The Balaban J connectivity index is 0.000000380. The molecule has 2 aliphatic heterocycles. The van der Waals surface area contributed by atoms with E-state index < -0.39 is 12.2 Å². The average molecular weight is 998 g/mol. The van der Waals surface area contributed by atoms with Gasteiger partial charge in [-0.15, -0.1) is 0 Å². The number of carbonyl (C=O) groups is 4. The van der Waals surface area contributed by atoms with Gasteiger partial charge < -0.3 is 9.47 Å². The minimum Gasteiger partial charge on any atom is -0.447 e. The Labute approximate surface area is 440 Å². The molecule has 72 heavy (non-hydrogen) atoms. The molecule has 8 heteroatoms. The van der Waals surface area contributed by atoms with Gasteiger partial charge >= 0.3 is 12.2 Å². The summed E-state index contributed by atoms with van der Waals surface area (Å²) in [4.78, 5) is 55.2. The smallest absolute Gasteiger partial charge is 0.416 e. The molecule has 2 aliphatic rings. The number of carbonyl (C=O) groups excluding carboxylic acids is 4. The largest absolute Gasteiger partial charge is 0.447 e. The lowest BCUT2D eigenvalue weighted by Gasteiger charge is -2.25.